The Bertz CT molecular complexity index is 992. The highest BCUT2D eigenvalue weighted by Crippen LogP contribution is 2.24. The zero-order valence-corrected chi connectivity index (χ0v) is 18.7. The summed E-state index contributed by atoms with van der Waals surface area (Å²) in [6.07, 6.45) is 3.51. The van der Waals surface area contributed by atoms with Gasteiger partial charge in [0.25, 0.3) is 5.91 Å². The molecule has 1 fully saturated rings. The SMILES string of the molecule is CCc1ccc(C(=O)CCCN2CCN(C(=O)c3ccc4c(c3)CCC(=O)N4)CC2)cc1. The fraction of sp³-hybridized carbons (Fsp3) is 0.423. The summed E-state index contributed by atoms with van der Waals surface area (Å²) in [5.41, 5.74) is 4.58. The third-order valence-corrected chi connectivity index (χ3v) is 6.47. The molecule has 32 heavy (non-hydrogen) atoms. The van der Waals surface area contributed by atoms with Crippen LogP contribution in [-0.2, 0) is 17.6 Å². The van der Waals surface area contributed by atoms with E-state index in [-0.39, 0.29) is 17.6 Å². The van der Waals surface area contributed by atoms with Crippen LogP contribution >= 0.6 is 0 Å². The average molecular weight is 434 g/mol. The standard InChI is InChI=1S/C26H31N3O3/c1-2-19-5-7-20(8-6-19)24(30)4-3-13-28-14-16-29(17-15-28)26(32)22-9-11-23-21(18-22)10-12-25(31)27-23/h5-9,11,18H,2-4,10,12-17H2,1H3,(H,27,31). The number of amides is 2. The maximum atomic E-state index is 12.9. The predicted octanol–water partition coefficient (Wildman–Crippen LogP) is 3.55. The van der Waals surface area contributed by atoms with Gasteiger partial charge < -0.3 is 10.2 Å². The van der Waals surface area contributed by atoms with Crippen LogP contribution in [0.4, 0.5) is 5.69 Å². The number of fused-ring (bicyclic) bond motifs is 1. The number of Topliss-reactive ketones (excluding diaryl/α,β-unsaturated/α-hetero) is 1. The molecule has 0 aliphatic carbocycles. The molecule has 0 spiro atoms. The third kappa shape index (κ3) is 5.25. The third-order valence-electron chi connectivity index (χ3n) is 6.47. The topological polar surface area (TPSA) is 69.7 Å². The Morgan fingerprint density at radius 2 is 1.66 bits per heavy atom. The van der Waals surface area contributed by atoms with Crippen LogP contribution in [0.1, 0.15) is 58.0 Å². The van der Waals surface area contributed by atoms with E-state index >= 15 is 0 Å². The highest BCUT2D eigenvalue weighted by molar-refractivity contribution is 5.98. The van der Waals surface area contributed by atoms with E-state index in [1.807, 2.05) is 41.3 Å². The summed E-state index contributed by atoms with van der Waals surface area (Å²) in [6, 6.07) is 13.5. The van der Waals surface area contributed by atoms with Crippen molar-refractivity contribution in [3.8, 4) is 0 Å². The van der Waals surface area contributed by atoms with Crippen molar-refractivity contribution in [1.82, 2.24) is 9.80 Å². The summed E-state index contributed by atoms with van der Waals surface area (Å²) >= 11 is 0. The largest absolute Gasteiger partial charge is 0.336 e. The number of hydrogen-bond acceptors (Lipinski definition) is 4. The fourth-order valence-electron chi connectivity index (χ4n) is 4.41. The number of aryl methyl sites for hydroxylation is 2. The second kappa shape index (κ2) is 10.1. The number of hydrogen-bond donors (Lipinski definition) is 1. The van der Waals surface area contributed by atoms with Crippen molar-refractivity contribution in [2.75, 3.05) is 38.0 Å². The molecular formula is C26H31N3O3. The monoisotopic (exact) mass is 433 g/mol. The van der Waals surface area contributed by atoms with Crippen LogP contribution in [-0.4, -0.2) is 60.1 Å². The van der Waals surface area contributed by atoms with Gasteiger partial charge in [-0.25, -0.2) is 0 Å². The molecule has 2 aliphatic heterocycles. The number of rotatable bonds is 7. The average Bonchev–Trinajstić information content (AvgIpc) is 2.83. The Labute approximate surface area is 189 Å². The molecule has 0 saturated carbocycles. The number of nitrogens with one attached hydrogen (secondary N) is 1. The molecule has 1 saturated heterocycles. The first-order chi connectivity index (χ1) is 15.5. The first kappa shape index (κ1) is 22.2. The predicted molar refractivity (Wildman–Crippen MR) is 125 cm³/mol. The Morgan fingerprint density at radius 1 is 0.938 bits per heavy atom. The highest BCUT2D eigenvalue weighted by atomic mass is 16.2. The minimum absolute atomic E-state index is 0.0313. The van der Waals surface area contributed by atoms with Crippen LogP contribution in [0.5, 0.6) is 0 Å². The smallest absolute Gasteiger partial charge is 0.253 e. The number of ketones is 1. The molecule has 6 heteroatoms. The van der Waals surface area contributed by atoms with Gasteiger partial charge in [0, 0.05) is 55.8 Å². The van der Waals surface area contributed by atoms with Crippen molar-refractivity contribution >= 4 is 23.3 Å². The van der Waals surface area contributed by atoms with Crippen molar-refractivity contribution in [3.63, 3.8) is 0 Å². The molecule has 0 atom stereocenters. The number of anilines is 1. The Kier molecular flexibility index (Phi) is 7.00. The van der Waals surface area contributed by atoms with Gasteiger partial charge in [-0.05, 0) is 55.1 Å². The zero-order valence-electron chi connectivity index (χ0n) is 18.7. The zero-order chi connectivity index (χ0) is 22.5. The van der Waals surface area contributed by atoms with Gasteiger partial charge in [-0.3, -0.25) is 19.3 Å². The van der Waals surface area contributed by atoms with Gasteiger partial charge in [0.2, 0.25) is 5.91 Å². The van der Waals surface area contributed by atoms with Crippen LogP contribution in [0.2, 0.25) is 0 Å². The van der Waals surface area contributed by atoms with Crippen molar-refractivity contribution in [3.05, 3.63) is 64.7 Å². The fourth-order valence-corrected chi connectivity index (χ4v) is 4.41. The van der Waals surface area contributed by atoms with E-state index in [4.69, 9.17) is 0 Å². The summed E-state index contributed by atoms with van der Waals surface area (Å²) in [6.45, 7) is 6.02. The van der Waals surface area contributed by atoms with E-state index < -0.39 is 0 Å². The van der Waals surface area contributed by atoms with Crippen LogP contribution in [0.3, 0.4) is 0 Å². The van der Waals surface area contributed by atoms with Gasteiger partial charge >= 0.3 is 0 Å². The Morgan fingerprint density at radius 3 is 2.38 bits per heavy atom. The summed E-state index contributed by atoms with van der Waals surface area (Å²) in [4.78, 5) is 41.1. The summed E-state index contributed by atoms with van der Waals surface area (Å²) in [5.74, 6) is 0.281. The lowest BCUT2D eigenvalue weighted by molar-refractivity contribution is -0.116. The van der Waals surface area contributed by atoms with Crippen LogP contribution in [0.25, 0.3) is 0 Å². The maximum Gasteiger partial charge on any atom is 0.253 e. The molecule has 0 radical (unpaired) electrons. The summed E-state index contributed by atoms with van der Waals surface area (Å²) < 4.78 is 0. The highest BCUT2D eigenvalue weighted by Gasteiger charge is 2.23. The normalized spacial score (nSPS) is 16.4. The van der Waals surface area contributed by atoms with Crippen molar-refractivity contribution in [2.45, 2.75) is 39.0 Å². The number of carbonyl (C=O) groups is 3. The quantitative estimate of drug-likeness (QED) is 0.678. The van der Waals surface area contributed by atoms with Gasteiger partial charge in [0.1, 0.15) is 0 Å². The van der Waals surface area contributed by atoms with Crippen molar-refractivity contribution in [1.29, 1.82) is 0 Å². The van der Waals surface area contributed by atoms with Crippen LogP contribution in [0, 0.1) is 0 Å². The molecule has 0 bridgehead atoms. The number of nitrogens with zero attached hydrogens (tertiary/aromatic N) is 2. The van der Waals surface area contributed by atoms with Gasteiger partial charge in [0.15, 0.2) is 5.78 Å². The van der Waals surface area contributed by atoms with Crippen LogP contribution < -0.4 is 5.32 Å². The minimum atomic E-state index is 0.0313. The lowest BCUT2D eigenvalue weighted by Gasteiger charge is -2.35. The van der Waals surface area contributed by atoms with E-state index in [2.05, 4.69) is 17.1 Å². The van der Waals surface area contributed by atoms with E-state index in [0.29, 0.717) is 37.9 Å². The van der Waals surface area contributed by atoms with E-state index in [0.717, 1.165) is 49.3 Å². The summed E-state index contributed by atoms with van der Waals surface area (Å²) in [5, 5.41) is 2.86. The van der Waals surface area contributed by atoms with Crippen LogP contribution in [0.15, 0.2) is 42.5 Å². The van der Waals surface area contributed by atoms with E-state index in [9.17, 15) is 14.4 Å². The van der Waals surface area contributed by atoms with Gasteiger partial charge in [-0.2, -0.15) is 0 Å². The molecule has 1 N–H and O–H groups in total. The number of carbonyl (C=O) groups excluding carboxylic acids is 3. The first-order valence-electron chi connectivity index (χ1n) is 11.6. The molecule has 2 amide bonds. The second-order valence-corrected chi connectivity index (χ2v) is 8.63. The van der Waals surface area contributed by atoms with Gasteiger partial charge in [0.05, 0.1) is 0 Å². The van der Waals surface area contributed by atoms with Gasteiger partial charge in [-0.15, -0.1) is 0 Å². The molecule has 168 valence electrons. The Hall–Kier alpha value is -2.99. The minimum Gasteiger partial charge on any atom is -0.336 e. The Balaban J connectivity index is 1.22. The number of benzene rings is 2. The van der Waals surface area contributed by atoms with Gasteiger partial charge in [-0.1, -0.05) is 31.2 Å². The summed E-state index contributed by atoms with van der Waals surface area (Å²) in [7, 11) is 0. The molecule has 2 aliphatic rings. The molecule has 6 nitrogen and oxygen atoms in total. The molecule has 0 aromatic heterocycles. The van der Waals surface area contributed by atoms with E-state index in [1.54, 1.807) is 6.07 Å². The maximum absolute atomic E-state index is 12.9. The number of piperazine rings is 1. The molecule has 2 aromatic rings. The second-order valence-electron chi connectivity index (χ2n) is 8.63. The van der Waals surface area contributed by atoms with Crippen molar-refractivity contribution < 1.29 is 14.4 Å². The lowest BCUT2D eigenvalue weighted by Crippen LogP contribution is -2.48. The van der Waals surface area contributed by atoms with E-state index in [1.165, 1.54) is 5.56 Å². The molecule has 0 unspecified atom stereocenters. The molecular weight excluding hydrogens is 402 g/mol. The molecule has 4 rings (SSSR count). The molecule has 2 aromatic carbocycles. The lowest BCUT2D eigenvalue weighted by atomic mass is 10.00. The molecule has 2 heterocycles. The van der Waals surface area contributed by atoms with Crippen molar-refractivity contribution in [2.24, 2.45) is 0 Å². The first-order valence-corrected chi connectivity index (χ1v) is 11.6.